The number of hydrogen-bond donors (Lipinski definition) is 3. The Balaban J connectivity index is 1.92. The molecule has 0 saturated carbocycles. The van der Waals surface area contributed by atoms with Gasteiger partial charge in [-0.25, -0.2) is 4.98 Å². The molecule has 3 aromatic rings. The molecule has 21 heavy (non-hydrogen) atoms. The van der Waals surface area contributed by atoms with Gasteiger partial charge in [-0.1, -0.05) is 12.1 Å². The molecule has 4 nitrogen and oxygen atoms in total. The third-order valence-electron chi connectivity index (χ3n) is 3.61. The number of fused-ring (bicyclic) bond motifs is 3. The standard InChI is InChI=1S/C17H21N3O/c1-17(2,3)19-10-15(21)11-6-7-12-13-5-4-8-18-16(13)20-14(12)9-11/h4-9,15,19,21H,10H2,1-3H3,(H,18,20)/t15-/m0/s1. The molecule has 0 spiro atoms. The first-order valence-corrected chi connectivity index (χ1v) is 7.23. The van der Waals surface area contributed by atoms with Gasteiger partial charge < -0.3 is 15.4 Å². The van der Waals surface area contributed by atoms with E-state index in [1.165, 1.54) is 0 Å². The highest BCUT2D eigenvalue weighted by molar-refractivity contribution is 6.05. The van der Waals surface area contributed by atoms with Gasteiger partial charge >= 0.3 is 0 Å². The van der Waals surface area contributed by atoms with E-state index in [4.69, 9.17) is 0 Å². The summed E-state index contributed by atoms with van der Waals surface area (Å²) in [5, 5.41) is 15.9. The van der Waals surface area contributed by atoms with Crippen LogP contribution >= 0.6 is 0 Å². The van der Waals surface area contributed by atoms with E-state index < -0.39 is 6.10 Å². The van der Waals surface area contributed by atoms with Crippen LogP contribution in [0.5, 0.6) is 0 Å². The molecule has 2 aromatic heterocycles. The van der Waals surface area contributed by atoms with Gasteiger partial charge in [-0.2, -0.15) is 0 Å². The summed E-state index contributed by atoms with van der Waals surface area (Å²) < 4.78 is 0. The smallest absolute Gasteiger partial charge is 0.138 e. The molecule has 0 bridgehead atoms. The number of β-amino-alcohol motifs (C(OH)–C–C–N with tert-alkyl or cyclic N) is 1. The number of aliphatic hydroxyl groups is 1. The predicted octanol–water partition coefficient (Wildman–Crippen LogP) is 3.14. The second kappa shape index (κ2) is 5.13. The number of pyridine rings is 1. The van der Waals surface area contributed by atoms with Crippen molar-refractivity contribution in [2.45, 2.75) is 32.4 Å². The first-order valence-electron chi connectivity index (χ1n) is 7.23. The third kappa shape index (κ3) is 2.91. The normalized spacial score (nSPS) is 13.9. The Bertz CT molecular complexity index is 770. The van der Waals surface area contributed by atoms with Crippen molar-refractivity contribution in [2.24, 2.45) is 0 Å². The average molecular weight is 283 g/mol. The van der Waals surface area contributed by atoms with E-state index in [0.29, 0.717) is 6.54 Å². The largest absolute Gasteiger partial charge is 0.387 e. The van der Waals surface area contributed by atoms with Gasteiger partial charge in [0.05, 0.1) is 6.10 Å². The maximum atomic E-state index is 10.3. The molecular weight excluding hydrogens is 262 g/mol. The summed E-state index contributed by atoms with van der Waals surface area (Å²) in [6.45, 7) is 6.80. The van der Waals surface area contributed by atoms with Crippen molar-refractivity contribution in [1.82, 2.24) is 15.3 Å². The number of rotatable bonds is 3. The van der Waals surface area contributed by atoms with Crippen LogP contribution in [0.25, 0.3) is 21.9 Å². The van der Waals surface area contributed by atoms with Gasteiger partial charge in [0.25, 0.3) is 0 Å². The van der Waals surface area contributed by atoms with E-state index in [-0.39, 0.29) is 5.54 Å². The molecule has 4 heteroatoms. The van der Waals surface area contributed by atoms with Crippen molar-refractivity contribution in [1.29, 1.82) is 0 Å². The molecule has 0 amide bonds. The fourth-order valence-electron chi connectivity index (χ4n) is 2.48. The second-order valence-corrected chi connectivity index (χ2v) is 6.48. The Morgan fingerprint density at radius 3 is 2.81 bits per heavy atom. The minimum Gasteiger partial charge on any atom is -0.387 e. The molecule has 1 aromatic carbocycles. The molecule has 0 fully saturated rings. The van der Waals surface area contributed by atoms with Gasteiger partial charge in [0.15, 0.2) is 0 Å². The number of nitrogens with zero attached hydrogens (tertiary/aromatic N) is 1. The highest BCUT2D eigenvalue weighted by atomic mass is 16.3. The van der Waals surface area contributed by atoms with Gasteiger partial charge in [-0.15, -0.1) is 0 Å². The lowest BCUT2D eigenvalue weighted by molar-refractivity contribution is 0.163. The number of aromatic amines is 1. The van der Waals surface area contributed by atoms with Crippen LogP contribution in [0.2, 0.25) is 0 Å². The predicted molar refractivity (Wildman–Crippen MR) is 86.3 cm³/mol. The van der Waals surface area contributed by atoms with Crippen LogP contribution < -0.4 is 5.32 Å². The lowest BCUT2D eigenvalue weighted by atomic mass is 10.0. The van der Waals surface area contributed by atoms with Crippen molar-refractivity contribution in [3.05, 3.63) is 42.1 Å². The van der Waals surface area contributed by atoms with Gasteiger partial charge in [-0.3, -0.25) is 0 Å². The lowest BCUT2D eigenvalue weighted by Gasteiger charge is -2.23. The highest BCUT2D eigenvalue weighted by Crippen LogP contribution is 2.26. The Morgan fingerprint density at radius 1 is 1.24 bits per heavy atom. The van der Waals surface area contributed by atoms with E-state index in [2.05, 4.69) is 42.1 Å². The second-order valence-electron chi connectivity index (χ2n) is 6.48. The van der Waals surface area contributed by atoms with Crippen molar-refractivity contribution >= 4 is 21.9 Å². The Hall–Kier alpha value is -1.91. The zero-order valence-corrected chi connectivity index (χ0v) is 12.6. The Morgan fingerprint density at radius 2 is 2.05 bits per heavy atom. The minimum absolute atomic E-state index is 0.00386. The molecule has 0 aliphatic carbocycles. The van der Waals surface area contributed by atoms with Crippen LogP contribution in [0.15, 0.2) is 36.5 Å². The summed E-state index contributed by atoms with van der Waals surface area (Å²) in [4.78, 5) is 7.63. The molecule has 0 unspecified atom stereocenters. The first-order chi connectivity index (χ1) is 9.94. The monoisotopic (exact) mass is 283 g/mol. The van der Waals surface area contributed by atoms with Crippen LogP contribution in [0, 0.1) is 0 Å². The fourth-order valence-corrected chi connectivity index (χ4v) is 2.48. The quantitative estimate of drug-likeness (QED) is 0.692. The van der Waals surface area contributed by atoms with Crippen LogP contribution in [0.1, 0.15) is 32.4 Å². The summed E-state index contributed by atoms with van der Waals surface area (Å²) in [6.07, 6.45) is 1.26. The number of H-pyrrole nitrogens is 1. The Kier molecular flexibility index (Phi) is 3.43. The maximum absolute atomic E-state index is 10.3. The highest BCUT2D eigenvalue weighted by Gasteiger charge is 2.14. The molecule has 1 atom stereocenters. The summed E-state index contributed by atoms with van der Waals surface area (Å²) >= 11 is 0. The van der Waals surface area contributed by atoms with Crippen LogP contribution in [-0.4, -0.2) is 27.2 Å². The molecule has 3 N–H and O–H groups in total. The number of aliphatic hydroxyl groups excluding tert-OH is 1. The van der Waals surface area contributed by atoms with E-state index in [1.807, 2.05) is 24.3 Å². The summed E-state index contributed by atoms with van der Waals surface area (Å²) in [6, 6.07) is 10.0. The van der Waals surface area contributed by atoms with E-state index in [0.717, 1.165) is 27.5 Å². The SMILES string of the molecule is CC(C)(C)NC[C@H](O)c1ccc2c(c1)[nH]c1ncccc12. The Labute approximate surface area is 124 Å². The molecule has 2 heterocycles. The molecule has 0 radical (unpaired) electrons. The maximum Gasteiger partial charge on any atom is 0.138 e. The van der Waals surface area contributed by atoms with E-state index in [1.54, 1.807) is 6.20 Å². The van der Waals surface area contributed by atoms with E-state index in [9.17, 15) is 5.11 Å². The fraction of sp³-hybridized carbons (Fsp3) is 0.353. The molecule has 110 valence electrons. The van der Waals surface area contributed by atoms with Crippen molar-refractivity contribution in [3.8, 4) is 0 Å². The summed E-state index contributed by atoms with van der Waals surface area (Å²) in [5.41, 5.74) is 2.80. The summed E-state index contributed by atoms with van der Waals surface area (Å²) in [5.74, 6) is 0. The topological polar surface area (TPSA) is 60.9 Å². The molecular formula is C17H21N3O. The van der Waals surface area contributed by atoms with Gasteiger partial charge in [-0.05, 0) is 44.5 Å². The molecule has 0 aliphatic heterocycles. The molecule has 3 rings (SSSR count). The van der Waals surface area contributed by atoms with Crippen molar-refractivity contribution in [3.63, 3.8) is 0 Å². The first kappa shape index (κ1) is 14.0. The summed E-state index contributed by atoms with van der Waals surface area (Å²) in [7, 11) is 0. The molecule has 0 aliphatic rings. The van der Waals surface area contributed by atoms with Crippen LogP contribution in [-0.2, 0) is 0 Å². The number of benzene rings is 1. The van der Waals surface area contributed by atoms with Crippen LogP contribution in [0.4, 0.5) is 0 Å². The zero-order chi connectivity index (χ0) is 15.0. The third-order valence-corrected chi connectivity index (χ3v) is 3.61. The average Bonchev–Trinajstić information content (AvgIpc) is 2.81. The minimum atomic E-state index is -0.520. The molecule has 0 saturated heterocycles. The van der Waals surface area contributed by atoms with Crippen molar-refractivity contribution < 1.29 is 5.11 Å². The van der Waals surface area contributed by atoms with Gasteiger partial charge in [0.2, 0.25) is 0 Å². The number of hydrogen-bond acceptors (Lipinski definition) is 3. The van der Waals surface area contributed by atoms with Crippen molar-refractivity contribution in [2.75, 3.05) is 6.54 Å². The van der Waals surface area contributed by atoms with Gasteiger partial charge in [0.1, 0.15) is 5.65 Å². The zero-order valence-electron chi connectivity index (χ0n) is 12.6. The lowest BCUT2D eigenvalue weighted by Crippen LogP contribution is -2.38. The number of nitrogens with one attached hydrogen (secondary N) is 2. The van der Waals surface area contributed by atoms with E-state index >= 15 is 0 Å². The van der Waals surface area contributed by atoms with Crippen LogP contribution in [0.3, 0.4) is 0 Å². The van der Waals surface area contributed by atoms with Gasteiger partial charge in [0, 0.05) is 34.6 Å². The number of aromatic nitrogens is 2.